The van der Waals surface area contributed by atoms with Gasteiger partial charge in [0.15, 0.2) is 5.82 Å². The van der Waals surface area contributed by atoms with Crippen LogP contribution in [0.15, 0.2) is 24.5 Å². The minimum atomic E-state index is -1.14. The second kappa shape index (κ2) is 11.3. The summed E-state index contributed by atoms with van der Waals surface area (Å²) >= 11 is 6.44. The topological polar surface area (TPSA) is 69.5 Å². The fourth-order valence-electron chi connectivity index (χ4n) is 3.30. The first-order valence-electron chi connectivity index (χ1n) is 11.5. The van der Waals surface area contributed by atoms with Crippen molar-refractivity contribution in [3.63, 3.8) is 0 Å². The average molecular weight is 479 g/mol. The van der Waals surface area contributed by atoms with Gasteiger partial charge in [-0.2, -0.15) is 0 Å². The van der Waals surface area contributed by atoms with E-state index in [0.717, 1.165) is 49.5 Å². The maximum Gasteiger partial charge on any atom is 0.410 e. The number of halogens is 1. The first-order chi connectivity index (χ1) is 15.3. The Labute approximate surface area is 197 Å². The molecule has 1 saturated carbocycles. The Kier molecular flexibility index (Phi) is 8.73. The van der Waals surface area contributed by atoms with Crippen LogP contribution in [0.2, 0.25) is 30.7 Å². The van der Waals surface area contributed by atoms with E-state index in [1.165, 1.54) is 0 Å². The van der Waals surface area contributed by atoms with Crippen molar-refractivity contribution in [2.24, 2.45) is 0 Å². The van der Waals surface area contributed by atoms with Gasteiger partial charge in [-0.3, -0.25) is 4.57 Å². The summed E-state index contributed by atoms with van der Waals surface area (Å²) in [4.78, 5) is 14.4. The lowest BCUT2D eigenvalue weighted by molar-refractivity contribution is 0.0880. The lowest BCUT2D eigenvalue weighted by Crippen LogP contribution is -2.33. The summed E-state index contributed by atoms with van der Waals surface area (Å²) in [6.45, 7) is 11.1. The van der Waals surface area contributed by atoms with Gasteiger partial charge in [-0.25, -0.2) is 4.79 Å². The summed E-state index contributed by atoms with van der Waals surface area (Å²) in [5.74, 6) is 0.699. The zero-order chi connectivity index (χ0) is 23.1. The van der Waals surface area contributed by atoms with Gasteiger partial charge < -0.3 is 14.4 Å². The summed E-state index contributed by atoms with van der Waals surface area (Å²) in [7, 11) is -1.14. The number of benzene rings is 1. The van der Waals surface area contributed by atoms with Gasteiger partial charge in [-0.05, 0) is 49.1 Å². The number of hydrogen-bond acceptors (Lipinski definition) is 5. The van der Waals surface area contributed by atoms with Crippen LogP contribution in [0.25, 0.3) is 11.4 Å². The number of aromatic nitrogens is 3. The van der Waals surface area contributed by atoms with Gasteiger partial charge in [-0.15, -0.1) is 10.2 Å². The van der Waals surface area contributed by atoms with Gasteiger partial charge in [0, 0.05) is 37.9 Å². The van der Waals surface area contributed by atoms with Gasteiger partial charge >= 0.3 is 6.09 Å². The molecule has 0 saturated heterocycles. The Bertz CT molecular complexity index is 896. The second-order valence-electron chi connectivity index (χ2n) is 9.65. The highest BCUT2D eigenvalue weighted by atomic mass is 35.5. The number of rotatable bonds is 12. The van der Waals surface area contributed by atoms with Gasteiger partial charge in [0.2, 0.25) is 0 Å². The van der Waals surface area contributed by atoms with Crippen LogP contribution in [0.3, 0.4) is 0 Å². The highest BCUT2D eigenvalue weighted by molar-refractivity contribution is 6.76. The lowest BCUT2D eigenvalue weighted by Gasteiger charge is -2.22. The van der Waals surface area contributed by atoms with E-state index in [1.807, 2.05) is 27.7 Å². The molecule has 0 unspecified atom stereocenters. The predicted molar refractivity (Wildman–Crippen MR) is 129 cm³/mol. The van der Waals surface area contributed by atoms with E-state index >= 15 is 0 Å². The molecule has 2 aromatic rings. The van der Waals surface area contributed by atoms with E-state index in [4.69, 9.17) is 21.1 Å². The van der Waals surface area contributed by atoms with E-state index in [0.29, 0.717) is 30.7 Å². The molecule has 1 aliphatic rings. The van der Waals surface area contributed by atoms with Crippen molar-refractivity contribution >= 4 is 25.8 Å². The highest BCUT2D eigenvalue weighted by Gasteiger charge is 2.33. The largest absolute Gasteiger partial charge is 0.449 e. The molecule has 0 aliphatic heterocycles. The molecule has 0 N–H and O–H groups in total. The maximum absolute atomic E-state index is 12.6. The van der Waals surface area contributed by atoms with Gasteiger partial charge in [0.1, 0.15) is 13.1 Å². The van der Waals surface area contributed by atoms with Crippen molar-refractivity contribution in [1.29, 1.82) is 0 Å². The van der Waals surface area contributed by atoms with Gasteiger partial charge in [0.05, 0.1) is 6.61 Å². The van der Waals surface area contributed by atoms with Crippen LogP contribution in [0, 0.1) is 0 Å². The smallest absolute Gasteiger partial charge is 0.410 e. The third-order valence-corrected chi connectivity index (χ3v) is 7.28. The predicted octanol–water partition coefficient (Wildman–Crippen LogP) is 5.81. The Morgan fingerprint density at radius 3 is 2.72 bits per heavy atom. The van der Waals surface area contributed by atoms with Crippen LogP contribution < -0.4 is 0 Å². The number of carbonyl (C=O) groups excluding carboxylic acids is 1. The minimum Gasteiger partial charge on any atom is -0.449 e. The Balaban J connectivity index is 1.69. The highest BCUT2D eigenvalue weighted by Crippen LogP contribution is 2.31. The number of nitrogens with zero attached hydrogens (tertiary/aromatic N) is 4. The van der Waals surface area contributed by atoms with E-state index in [9.17, 15) is 4.79 Å². The lowest BCUT2D eigenvalue weighted by atomic mass is 10.1. The third-order valence-electron chi connectivity index (χ3n) is 5.36. The first-order valence-corrected chi connectivity index (χ1v) is 15.5. The summed E-state index contributed by atoms with van der Waals surface area (Å²) in [5, 5.41) is 8.95. The molecule has 0 bridgehead atoms. The SMILES string of the molecule is CCCCOC(=O)N(Cc1cc(Cl)cc(-c2nncn2COCC[Si](C)(C)C)c1)C1CC1. The Morgan fingerprint density at radius 1 is 1.25 bits per heavy atom. The zero-order valence-corrected chi connectivity index (χ0v) is 21.4. The molecule has 1 aromatic carbocycles. The van der Waals surface area contributed by atoms with E-state index in [1.54, 1.807) is 6.33 Å². The van der Waals surface area contributed by atoms with Crippen molar-refractivity contribution in [2.75, 3.05) is 13.2 Å². The van der Waals surface area contributed by atoms with Gasteiger partial charge in [0.25, 0.3) is 0 Å². The van der Waals surface area contributed by atoms with Crippen molar-refractivity contribution in [2.45, 2.75) is 77.6 Å². The number of hydrogen-bond donors (Lipinski definition) is 0. The molecule has 176 valence electrons. The van der Waals surface area contributed by atoms with Crippen LogP contribution in [0.1, 0.15) is 38.2 Å². The summed E-state index contributed by atoms with van der Waals surface area (Å²) in [6, 6.07) is 7.13. The molecular formula is C23H35ClN4O3Si. The quantitative estimate of drug-likeness (QED) is 0.284. The van der Waals surface area contributed by atoms with Gasteiger partial charge in [-0.1, -0.05) is 44.6 Å². The minimum absolute atomic E-state index is 0.245. The first kappa shape index (κ1) is 24.7. The third kappa shape index (κ3) is 7.60. The molecule has 0 atom stereocenters. The second-order valence-corrected chi connectivity index (χ2v) is 15.7. The standard InChI is InChI=1S/C23H35ClN4O3Si/c1-5-6-9-31-23(29)28(21-7-8-21)15-18-12-19(14-20(24)13-18)22-26-25-16-27(22)17-30-10-11-32(2,3)4/h12-14,16,21H,5-11,15,17H2,1-4H3. The molecule has 32 heavy (non-hydrogen) atoms. The van der Waals surface area contributed by atoms with E-state index in [2.05, 4.69) is 36.8 Å². The molecule has 7 nitrogen and oxygen atoms in total. The molecule has 1 amide bonds. The molecule has 0 spiro atoms. The molecule has 3 rings (SSSR count). The fourth-order valence-corrected chi connectivity index (χ4v) is 4.31. The molecule has 1 fully saturated rings. The van der Waals surface area contributed by atoms with E-state index < -0.39 is 8.07 Å². The number of carbonyl (C=O) groups is 1. The van der Waals surface area contributed by atoms with Crippen molar-refractivity contribution < 1.29 is 14.3 Å². The number of amides is 1. The van der Waals surface area contributed by atoms with Crippen LogP contribution in [0.5, 0.6) is 0 Å². The van der Waals surface area contributed by atoms with Crippen LogP contribution in [-0.2, 0) is 22.7 Å². The fraction of sp³-hybridized carbons (Fsp3) is 0.609. The van der Waals surface area contributed by atoms with Crippen molar-refractivity contribution in [3.8, 4) is 11.4 Å². The molecule has 0 radical (unpaired) electrons. The molecule has 1 aromatic heterocycles. The molecule has 1 heterocycles. The maximum atomic E-state index is 12.6. The van der Waals surface area contributed by atoms with Crippen LogP contribution in [0.4, 0.5) is 4.79 Å². The normalized spacial score (nSPS) is 13.9. The average Bonchev–Trinajstić information content (AvgIpc) is 3.45. The van der Waals surface area contributed by atoms with Crippen LogP contribution in [-0.4, -0.2) is 53.1 Å². The number of ether oxygens (including phenoxy) is 2. The summed E-state index contributed by atoms with van der Waals surface area (Å²) < 4.78 is 13.2. The number of unbranched alkanes of at least 4 members (excludes halogenated alkanes) is 1. The summed E-state index contributed by atoms with van der Waals surface area (Å²) in [5.41, 5.74) is 1.80. The van der Waals surface area contributed by atoms with Crippen molar-refractivity contribution in [1.82, 2.24) is 19.7 Å². The van der Waals surface area contributed by atoms with Crippen LogP contribution >= 0.6 is 11.6 Å². The molecule has 9 heteroatoms. The van der Waals surface area contributed by atoms with Crippen molar-refractivity contribution in [3.05, 3.63) is 35.1 Å². The monoisotopic (exact) mass is 478 g/mol. The molecular weight excluding hydrogens is 444 g/mol. The van der Waals surface area contributed by atoms with E-state index in [-0.39, 0.29) is 12.1 Å². The summed E-state index contributed by atoms with van der Waals surface area (Å²) in [6.07, 6.45) is 5.32. The Morgan fingerprint density at radius 2 is 2.03 bits per heavy atom. The molecule has 1 aliphatic carbocycles. The zero-order valence-electron chi connectivity index (χ0n) is 19.6. The Hall–Kier alpha value is -1.90.